The summed E-state index contributed by atoms with van der Waals surface area (Å²) in [6.45, 7) is 1.56. The summed E-state index contributed by atoms with van der Waals surface area (Å²) in [6.07, 6.45) is 3.62. The van der Waals surface area contributed by atoms with E-state index in [0.29, 0.717) is 5.70 Å². The Morgan fingerprint density at radius 3 is 2.67 bits per heavy atom. The molecule has 3 nitrogen and oxygen atoms in total. The van der Waals surface area contributed by atoms with Gasteiger partial charge in [0.1, 0.15) is 5.70 Å². The van der Waals surface area contributed by atoms with Gasteiger partial charge in [-0.05, 0) is 29.8 Å². The first-order chi connectivity index (χ1) is 10.1. The zero-order chi connectivity index (χ0) is 14.8. The molecule has 0 amide bonds. The monoisotopic (exact) mass is 340 g/mol. The normalized spacial score (nSPS) is 11.8. The van der Waals surface area contributed by atoms with Gasteiger partial charge >= 0.3 is 0 Å². The lowest BCUT2D eigenvalue weighted by Crippen LogP contribution is -2.06. The lowest BCUT2D eigenvalue weighted by atomic mass is 10.1. The smallest absolute Gasteiger partial charge is 0.178 e. The third kappa shape index (κ3) is 2.81. The quantitative estimate of drug-likeness (QED) is 0.663. The Kier molecular flexibility index (Phi) is 3.71. The predicted octanol–water partition coefficient (Wildman–Crippen LogP) is 4.39. The molecule has 0 aliphatic carbocycles. The molecule has 104 valence electrons. The number of rotatable bonds is 3. The molecule has 0 N–H and O–H groups in total. The standard InChI is InChI=1S/C17H13BrN2O/c1-12(21)17(9-13-5-3-2-4-6-13)20-16-8-7-15(18)10-14(16)11-19-20/h2-11H,1H3/b17-9-. The van der Waals surface area contributed by atoms with Crippen LogP contribution >= 0.6 is 15.9 Å². The first-order valence-electron chi connectivity index (χ1n) is 6.56. The fraction of sp³-hybridized carbons (Fsp3) is 0.0588. The van der Waals surface area contributed by atoms with Crippen LogP contribution in [0.25, 0.3) is 22.7 Å². The van der Waals surface area contributed by atoms with Crippen LogP contribution in [0.1, 0.15) is 12.5 Å². The second kappa shape index (κ2) is 5.66. The number of aromatic nitrogens is 2. The van der Waals surface area contributed by atoms with Crippen molar-refractivity contribution >= 4 is 44.4 Å². The van der Waals surface area contributed by atoms with E-state index in [2.05, 4.69) is 21.0 Å². The molecule has 0 aliphatic rings. The molecule has 2 aromatic carbocycles. The predicted molar refractivity (Wildman–Crippen MR) is 88.7 cm³/mol. The van der Waals surface area contributed by atoms with Crippen molar-refractivity contribution in [3.63, 3.8) is 0 Å². The first kappa shape index (κ1) is 13.8. The van der Waals surface area contributed by atoms with Crippen LogP contribution in [0.15, 0.2) is 59.2 Å². The van der Waals surface area contributed by atoms with Crippen LogP contribution in [0.5, 0.6) is 0 Å². The van der Waals surface area contributed by atoms with Gasteiger partial charge in [-0.25, -0.2) is 4.68 Å². The van der Waals surface area contributed by atoms with Gasteiger partial charge in [0, 0.05) is 16.8 Å². The highest BCUT2D eigenvalue weighted by atomic mass is 79.9. The van der Waals surface area contributed by atoms with Gasteiger partial charge in [0.2, 0.25) is 0 Å². The molecule has 0 saturated heterocycles. The highest BCUT2D eigenvalue weighted by molar-refractivity contribution is 9.10. The first-order valence-corrected chi connectivity index (χ1v) is 7.36. The van der Waals surface area contributed by atoms with Gasteiger partial charge in [0.25, 0.3) is 0 Å². The van der Waals surface area contributed by atoms with Gasteiger partial charge in [-0.15, -0.1) is 0 Å². The largest absolute Gasteiger partial charge is 0.293 e. The minimum atomic E-state index is -0.0215. The number of carbonyl (C=O) groups excluding carboxylic acids is 1. The summed E-state index contributed by atoms with van der Waals surface area (Å²) in [4.78, 5) is 12.0. The summed E-state index contributed by atoms with van der Waals surface area (Å²) >= 11 is 3.44. The summed E-state index contributed by atoms with van der Waals surface area (Å²) in [5.41, 5.74) is 2.44. The molecule has 0 spiro atoms. The Bertz CT molecular complexity index is 834. The fourth-order valence-corrected chi connectivity index (χ4v) is 2.59. The summed E-state index contributed by atoms with van der Waals surface area (Å²) in [5, 5.41) is 5.35. The average Bonchev–Trinajstić information content (AvgIpc) is 2.88. The molecule has 3 aromatic rings. The third-order valence-corrected chi connectivity index (χ3v) is 3.72. The molecule has 0 aliphatic heterocycles. The Balaban J connectivity index is 2.17. The van der Waals surface area contributed by atoms with Crippen molar-refractivity contribution < 1.29 is 4.79 Å². The summed E-state index contributed by atoms with van der Waals surface area (Å²) < 4.78 is 2.68. The maximum atomic E-state index is 12.0. The summed E-state index contributed by atoms with van der Waals surface area (Å²) in [6, 6.07) is 15.7. The maximum Gasteiger partial charge on any atom is 0.178 e. The van der Waals surface area contributed by atoms with Crippen molar-refractivity contribution in [3.05, 3.63) is 64.8 Å². The van der Waals surface area contributed by atoms with Crippen LogP contribution in [0.2, 0.25) is 0 Å². The number of benzene rings is 2. The molecule has 4 heteroatoms. The lowest BCUT2D eigenvalue weighted by molar-refractivity contribution is -0.112. The second-order valence-corrected chi connectivity index (χ2v) is 5.67. The van der Waals surface area contributed by atoms with Crippen LogP contribution in [-0.2, 0) is 4.79 Å². The topological polar surface area (TPSA) is 34.9 Å². The van der Waals surface area contributed by atoms with E-state index in [9.17, 15) is 4.79 Å². The van der Waals surface area contributed by atoms with Crippen molar-refractivity contribution in [2.75, 3.05) is 0 Å². The molecule has 0 bridgehead atoms. The van der Waals surface area contributed by atoms with Gasteiger partial charge in [0.15, 0.2) is 5.78 Å². The van der Waals surface area contributed by atoms with E-state index in [4.69, 9.17) is 0 Å². The van der Waals surface area contributed by atoms with Crippen molar-refractivity contribution in [2.24, 2.45) is 0 Å². The molecule has 21 heavy (non-hydrogen) atoms. The molecule has 1 heterocycles. The Labute approximate surface area is 131 Å². The molecule has 0 saturated carbocycles. The Morgan fingerprint density at radius 1 is 1.19 bits per heavy atom. The fourth-order valence-electron chi connectivity index (χ4n) is 2.21. The number of carbonyl (C=O) groups is 1. The van der Waals surface area contributed by atoms with E-state index in [0.717, 1.165) is 20.9 Å². The highest BCUT2D eigenvalue weighted by Gasteiger charge is 2.11. The number of hydrogen-bond acceptors (Lipinski definition) is 2. The van der Waals surface area contributed by atoms with Crippen molar-refractivity contribution in [1.82, 2.24) is 9.78 Å². The van der Waals surface area contributed by atoms with E-state index in [1.165, 1.54) is 0 Å². The van der Waals surface area contributed by atoms with Crippen molar-refractivity contribution in [3.8, 4) is 0 Å². The molecule has 0 atom stereocenters. The third-order valence-electron chi connectivity index (χ3n) is 3.22. The van der Waals surface area contributed by atoms with E-state index in [1.807, 2.05) is 54.6 Å². The van der Waals surface area contributed by atoms with Gasteiger partial charge in [-0.2, -0.15) is 5.10 Å². The van der Waals surface area contributed by atoms with Crippen LogP contribution in [-0.4, -0.2) is 15.6 Å². The molecule has 0 fully saturated rings. The Morgan fingerprint density at radius 2 is 1.95 bits per heavy atom. The zero-order valence-corrected chi connectivity index (χ0v) is 13.0. The SMILES string of the molecule is CC(=O)/C(=C/c1ccccc1)n1ncc2cc(Br)ccc21. The van der Waals surface area contributed by atoms with Crippen LogP contribution in [0, 0.1) is 0 Å². The molecule has 1 aromatic heterocycles. The van der Waals surface area contributed by atoms with Crippen LogP contribution in [0.4, 0.5) is 0 Å². The van der Waals surface area contributed by atoms with Gasteiger partial charge in [-0.3, -0.25) is 4.79 Å². The van der Waals surface area contributed by atoms with Crippen molar-refractivity contribution in [1.29, 1.82) is 0 Å². The van der Waals surface area contributed by atoms with E-state index >= 15 is 0 Å². The molecular formula is C17H13BrN2O. The van der Waals surface area contributed by atoms with Gasteiger partial charge in [-0.1, -0.05) is 46.3 Å². The number of Topliss-reactive ketones (excluding diaryl/α,β-unsaturated/α-hetero) is 1. The van der Waals surface area contributed by atoms with E-state index < -0.39 is 0 Å². The number of nitrogens with zero attached hydrogens (tertiary/aromatic N) is 2. The minimum absolute atomic E-state index is 0.0215. The van der Waals surface area contributed by atoms with E-state index in [1.54, 1.807) is 17.8 Å². The maximum absolute atomic E-state index is 12.0. The molecular weight excluding hydrogens is 328 g/mol. The second-order valence-electron chi connectivity index (χ2n) is 4.76. The molecule has 3 rings (SSSR count). The Hall–Kier alpha value is -2.20. The van der Waals surface area contributed by atoms with Gasteiger partial charge < -0.3 is 0 Å². The van der Waals surface area contributed by atoms with Crippen molar-refractivity contribution in [2.45, 2.75) is 6.92 Å². The lowest BCUT2D eigenvalue weighted by Gasteiger charge is -2.06. The zero-order valence-electron chi connectivity index (χ0n) is 11.5. The van der Waals surface area contributed by atoms with Crippen LogP contribution < -0.4 is 0 Å². The minimum Gasteiger partial charge on any atom is -0.293 e. The number of fused-ring (bicyclic) bond motifs is 1. The average molecular weight is 341 g/mol. The van der Waals surface area contributed by atoms with E-state index in [-0.39, 0.29) is 5.78 Å². The highest BCUT2D eigenvalue weighted by Crippen LogP contribution is 2.23. The number of ketones is 1. The van der Waals surface area contributed by atoms with Crippen LogP contribution in [0.3, 0.4) is 0 Å². The van der Waals surface area contributed by atoms with Gasteiger partial charge in [0.05, 0.1) is 11.7 Å². The summed E-state index contributed by atoms with van der Waals surface area (Å²) in [7, 11) is 0. The summed E-state index contributed by atoms with van der Waals surface area (Å²) in [5.74, 6) is -0.0215. The number of halogens is 1. The number of hydrogen-bond donors (Lipinski definition) is 0. The molecule has 0 unspecified atom stereocenters. The number of allylic oxidation sites excluding steroid dienone is 1. The molecule has 0 radical (unpaired) electrons.